The summed E-state index contributed by atoms with van der Waals surface area (Å²) in [6.45, 7) is 2.14. The van der Waals surface area contributed by atoms with Crippen molar-refractivity contribution in [3.8, 4) is 0 Å². The monoisotopic (exact) mass is 278 g/mol. The number of hydrogen-bond donors (Lipinski definition) is 1. The molecule has 0 aromatic rings. The van der Waals surface area contributed by atoms with Crippen molar-refractivity contribution in [1.82, 2.24) is 10.2 Å². The Morgan fingerprint density at radius 1 is 1.00 bits per heavy atom. The maximum absolute atomic E-state index is 12.8. The van der Waals surface area contributed by atoms with Crippen LogP contribution >= 0.6 is 0 Å². The first-order valence-corrected chi connectivity index (χ1v) is 8.89. The summed E-state index contributed by atoms with van der Waals surface area (Å²) in [5, 5.41) is 3.68. The lowest BCUT2D eigenvalue weighted by Crippen LogP contribution is -2.48. The van der Waals surface area contributed by atoms with Crippen LogP contribution in [0.2, 0.25) is 0 Å². The van der Waals surface area contributed by atoms with Crippen LogP contribution in [0.15, 0.2) is 0 Å². The zero-order valence-electron chi connectivity index (χ0n) is 12.9. The van der Waals surface area contributed by atoms with E-state index in [1.807, 2.05) is 0 Å². The van der Waals surface area contributed by atoms with Gasteiger partial charge in [-0.15, -0.1) is 0 Å². The van der Waals surface area contributed by atoms with Crippen molar-refractivity contribution in [2.45, 2.75) is 95.8 Å². The molecule has 3 fully saturated rings. The molecule has 1 saturated heterocycles. The van der Waals surface area contributed by atoms with E-state index in [9.17, 15) is 4.79 Å². The second kappa shape index (κ2) is 6.46. The van der Waals surface area contributed by atoms with E-state index in [0.29, 0.717) is 24.0 Å². The summed E-state index contributed by atoms with van der Waals surface area (Å²) in [7, 11) is 0. The van der Waals surface area contributed by atoms with E-state index in [0.717, 1.165) is 6.42 Å². The molecule has 0 radical (unpaired) electrons. The summed E-state index contributed by atoms with van der Waals surface area (Å²) in [5.41, 5.74) is 0. The van der Waals surface area contributed by atoms with Gasteiger partial charge in [0.05, 0.1) is 12.2 Å². The smallest absolute Gasteiger partial charge is 0.241 e. The maximum atomic E-state index is 12.8. The minimum Gasteiger partial charge on any atom is -0.323 e. The van der Waals surface area contributed by atoms with Gasteiger partial charge in [0.25, 0.3) is 0 Å². The first kappa shape index (κ1) is 14.4. The molecule has 3 heteroatoms. The van der Waals surface area contributed by atoms with Gasteiger partial charge in [-0.1, -0.05) is 45.4 Å². The number of nitrogens with zero attached hydrogens (tertiary/aromatic N) is 1. The van der Waals surface area contributed by atoms with Crippen LogP contribution < -0.4 is 5.32 Å². The second-order valence-electron chi connectivity index (χ2n) is 7.01. The number of carbonyl (C=O) groups excluding carboxylic acids is 1. The van der Waals surface area contributed by atoms with E-state index in [-0.39, 0.29) is 6.04 Å². The fourth-order valence-electron chi connectivity index (χ4n) is 4.55. The molecular weight excluding hydrogens is 248 g/mol. The van der Waals surface area contributed by atoms with Gasteiger partial charge < -0.3 is 4.90 Å². The Balaban J connectivity index is 1.77. The van der Waals surface area contributed by atoms with Crippen molar-refractivity contribution in [2.75, 3.05) is 0 Å². The lowest BCUT2D eigenvalue weighted by atomic mass is 10.00. The summed E-state index contributed by atoms with van der Waals surface area (Å²) in [6.07, 6.45) is 14.4. The number of rotatable bonds is 3. The van der Waals surface area contributed by atoms with Gasteiger partial charge in [-0.05, 0) is 38.0 Å². The van der Waals surface area contributed by atoms with E-state index in [1.54, 1.807) is 0 Å². The van der Waals surface area contributed by atoms with E-state index in [4.69, 9.17) is 0 Å². The highest BCUT2D eigenvalue weighted by Crippen LogP contribution is 2.35. The molecule has 2 unspecified atom stereocenters. The van der Waals surface area contributed by atoms with Crippen LogP contribution in [-0.2, 0) is 4.79 Å². The molecule has 114 valence electrons. The Morgan fingerprint density at radius 2 is 1.60 bits per heavy atom. The first-order valence-electron chi connectivity index (χ1n) is 8.89. The third-order valence-electron chi connectivity index (χ3n) is 5.70. The highest BCUT2D eigenvalue weighted by molar-refractivity contribution is 5.84. The van der Waals surface area contributed by atoms with Crippen LogP contribution in [0.4, 0.5) is 0 Å². The van der Waals surface area contributed by atoms with Gasteiger partial charge in [0.2, 0.25) is 5.91 Å². The molecule has 0 aromatic carbocycles. The van der Waals surface area contributed by atoms with Crippen molar-refractivity contribution < 1.29 is 4.79 Å². The van der Waals surface area contributed by atoms with E-state index < -0.39 is 0 Å². The van der Waals surface area contributed by atoms with Crippen LogP contribution in [0.1, 0.15) is 77.6 Å². The average Bonchev–Trinajstić information content (AvgIpc) is 3.00. The molecule has 0 bridgehead atoms. The zero-order chi connectivity index (χ0) is 13.9. The highest BCUT2D eigenvalue weighted by atomic mass is 16.2. The molecule has 3 aliphatic rings. The van der Waals surface area contributed by atoms with Gasteiger partial charge >= 0.3 is 0 Å². The van der Waals surface area contributed by atoms with Gasteiger partial charge in [-0.2, -0.15) is 0 Å². The fraction of sp³-hybridized carbons (Fsp3) is 0.941. The third kappa shape index (κ3) is 2.74. The zero-order valence-corrected chi connectivity index (χ0v) is 12.9. The Labute approximate surface area is 123 Å². The van der Waals surface area contributed by atoms with Gasteiger partial charge in [0.1, 0.15) is 0 Å². The molecule has 2 aliphatic carbocycles. The Bertz CT molecular complexity index is 330. The maximum Gasteiger partial charge on any atom is 0.241 e. The minimum absolute atomic E-state index is 0.0869. The van der Waals surface area contributed by atoms with Crippen LogP contribution in [-0.4, -0.2) is 29.1 Å². The molecule has 20 heavy (non-hydrogen) atoms. The fourth-order valence-corrected chi connectivity index (χ4v) is 4.55. The standard InChI is InChI=1S/C17H30N2O/c1-2-15-17(20)19(14-11-5-3-4-6-12-14)16(18-15)13-9-7-8-10-13/h13-16,18H,2-12H2,1H3. The molecule has 3 rings (SSSR count). The van der Waals surface area contributed by atoms with Gasteiger partial charge in [-0.25, -0.2) is 0 Å². The van der Waals surface area contributed by atoms with E-state index in [2.05, 4.69) is 17.1 Å². The molecule has 1 aliphatic heterocycles. The molecule has 3 nitrogen and oxygen atoms in total. The number of nitrogens with one attached hydrogen (secondary N) is 1. The largest absolute Gasteiger partial charge is 0.323 e. The molecule has 0 aromatic heterocycles. The topological polar surface area (TPSA) is 32.3 Å². The van der Waals surface area contributed by atoms with Crippen LogP contribution in [0, 0.1) is 5.92 Å². The van der Waals surface area contributed by atoms with Gasteiger partial charge in [0, 0.05) is 6.04 Å². The van der Waals surface area contributed by atoms with Gasteiger partial charge in [-0.3, -0.25) is 10.1 Å². The molecule has 1 heterocycles. The summed E-state index contributed by atoms with van der Waals surface area (Å²) < 4.78 is 0. The van der Waals surface area contributed by atoms with E-state index >= 15 is 0 Å². The van der Waals surface area contributed by atoms with Crippen molar-refractivity contribution >= 4 is 5.91 Å². The van der Waals surface area contributed by atoms with Crippen LogP contribution in [0.25, 0.3) is 0 Å². The molecule has 0 spiro atoms. The molecular formula is C17H30N2O. The van der Waals surface area contributed by atoms with Crippen molar-refractivity contribution in [3.05, 3.63) is 0 Å². The second-order valence-corrected chi connectivity index (χ2v) is 7.01. The van der Waals surface area contributed by atoms with Crippen molar-refractivity contribution in [3.63, 3.8) is 0 Å². The summed E-state index contributed by atoms with van der Waals surface area (Å²) in [4.78, 5) is 15.1. The first-order chi connectivity index (χ1) is 9.81. The molecule has 1 amide bonds. The SMILES string of the molecule is CCC1NC(C2CCCC2)N(C2CCCCCC2)C1=O. The minimum atomic E-state index is 0.0869. The quantitative estimate of drug-likeness (QED) is 0.802. The van der Waals surface area contributed by atoms with Gasteiger partial charge in [0.15, 0.2) is 0 Å². The predicted molar refractivity (Wildman–Crippen MR) is 81.3 cm³/mol. The van der Waals surface area contributed by atoms with Crippen LogP contribution in [0.5, 0.6) is 0 Å². The van der Waals surface area contributed by atoms with Crippen molar-refractivity contribution in [1.29, 1.82) is 0 Å². The third-order valence-corrected chi connectivity index (χ3v) is 5.70. The predicted octanol–water partition coefficient (Wildman–Crippen LogP) is 3.44. The number of carbonyl (C=O) groups is 1. The summed E-state index contributed by atoms with van der Waals surface area (Å²) in [5.74, 6) is 1.11. The number of hydrogen-bond acceptors (Lipinski definition) is 2. The van der Waals surface area contributed by atoms with E-state index in [1.165, 1.54) is 64.2 Å². The molecule has 2 saturated carbocycles. The summed E-state index contributed by atoms with van der Waals surface area (Å²) in [6, 6.07) is 0.600. The molecule has 2 atom stereocenters. The lowest BCUT2D eigenvalue weighted by molar-refractivity contribution is -0.133. The lowest BCUT2D eigenvalue weighted by Gasteiger charge is -2.35. The Hall–Kier alpha value is -0.570. The Morgan fingerprint density at radius 3 is 2.20 bits per heavy atom. The van der Waals surface area contributed by atoms with Crippen LogP contribution in [0.3, 0.4) is 0 Å². The summed E-state index contributed by atoms with van der Waals surface area (Å²) >= 11 is 0. The average molecular weight is 278 g/mol. The molecule has 1 N–H and O–H groups in total. The Kier molecular flexibility index (Phi) is 4.65. The van der Waals surface area contributed by atoms with Crippen molar-refractivity contribution in [2.24, 2.45) is 5.92 Å². The normalized spacial score (nSPS) is 33.9. The number of amides is 1. The highest BCUT2D eigenvalue weighted by Gasteiger charge is 2.45.